The molecule has 1 atom stereocenters. The molecule has 0 N–H and O–H groups in total. The van der Waals surface area contributed by atoms with E-state index < -0.39 is 0 Å². The van der Waals surface area contributed by atoms with E-state index >= 15 is 0 Å². The van der Waals surface area contributed by atoms with Crippen LogP contribution in [0.2, 0.25) is 0 Å². The Bertz CT molecular complexity index is 66.6. The largest absolute Gasteiger partial charge is 0.0654 e. The van der Waals surface area contributed by atoms with Crippen LogP contribution in [0.15, 0.2) is 0 Å². The number of hydrogen-bond donors (Lipinski definition) is 0. The van der Waals surface area contributed by atoms with E-state index in [2.05, 4.69) is 34.6 Å². The molecule has 0 spiro atoms. The molecule has 0 saturated heterocycles. The average molecular weight is 127 g/mol. The van der Waals surface area contributed by atoms with Gasteiger partial charge in [-0.1, -0.05) is 40.5 Å². The third-order valence-corrected chi connectivity index (χ3v) is 1.86. The van der Waals surface area contributed by atoms with Crippen LogP contribution in [0, 0.1) is 18.3 Å². The van der Waals surface area contributed by atoms with Crippen LogP contribution in [0.3, 0.4) is 0 Å². The van der Waals surface area contributed by atoms with Gasteiger partial charge in [0.15, 0.2) is 0 Å². The zero-order valence-electron chi connectivity index (χ0n) is 7.20. The first kappa shape index (κ1) is 9.00. The van der Waals surface area contributed by atoms with Gasteiger partial charge in [-0.2, -0.15) is 0 Å². The zero-order chi connectivity index (χ0) is 7.49. The van der Waals surface area contributed by atoms with Crippen LogP contribution in [-0.4, -0.2) is 0 Å². The minimum Gasteiger partial charge on any atom is -0.0654 e. The van der Waals surface area contributed by atoms with Crippen LogP contribution >= 0.6 is 0 Å². The Hall–Kier alpha value is 0. The Morgan fingerprint density at radius 1 is 1.33 bits per heavy atom. The predicted molar refractivity (Wildman–Crippen MR) is 43.2 cm³/mol. The van der Waals surface area contributed by atoms with Gasteiger partial charge < -0.3 is 0 Å². The maximum atomic E-state index is 4.10. The predicted octanol–water partition coefficient (Wildman–Crippen LogP) is 3.28. The maximum absolute atomic E-state index is 4.10. The van der Waals surface area contributed by atoms with E-state index in [9.17, 15) is 0 Å². The summed E-state index contributed by atoms with van der Waals surface area (Å²) < 4.78 is 0. The molecule has 0 heterocycles. The number of hydrogen-bond acceptors (Lipinski definition) is 0. The fourth-order valence-electron chi connectivity index (χ4n) is 0.781. The lowest BCUT2D eigenvalue weighted by Crippen LogP contribution is -2.16. The summed E-state index contributed by atoms with van der Waals surface area (Å²) in [6.45, 7) is 13.1. The van der Waals surface area contributed by atoms with E-state index in [1.54, 1.807) is 0 Å². The van der Waals surface area contributed by atoms with Gasteiger partial charge in [-0.15, -0.1) is 0 Å². The van der Waals surface area contributed by atoms with Crippen LogP contribution in [0.25, 0.3) is 0 Å². The van der Waals surface area contributed by atoms with Crippen molar-refractivity contribution in [1.29, 1.82) is 0 Å². The first-order chi connectivity index (χ1) is 3.98. The van der Waals surface area contributed by atoms with Crippen molar-refractivity contribution in [2.75, 3.05) is 0 Å². The molecule has 0 saturated carbocycles. The second-order valence-electron chi connectivity index (χ2n) is 3.85. The summed E-state index contributed by atoms with van der Waals surface area (Å²) in [5.74, 6) is 0.613. The van der Waals surface area contributed by atoms with Gasteiger partial charge in [0.05, 0.1) is 0 Å². The van der Waals surface area contributed by atoms with Gasteiger partial charge in [-0.05, 0) is 18.3 Å². The highest BCUT2D eigenvalue weighted by molar-refractivity contribution is 4.74. The van der Waals surface area contributed by atoms with Gasteiger partial charge in [-0.25, -0.2) is 0 Å². The summed E-state index contributed by atoms with van der Waals surface area (Å²) in [6, 6.07) is 0. The summed E-state index contributed by atoms with van der Waals surface area (Å²) in [5.41, 5.74) is 0.399. The summed E-state index contributed by atoms with van der Waals surface area (Å²) in [5, 5.41) is 0. The molecular weight excluding hydrogens is 108 g/mol. The molecule has 0 aliphatic rings. The van der Waals surface area contributed by atoms with Crippen molar-refractivity contribution in [3.8, 4) is 0 Å². The van der Waals surface area contributed by atoms with Crippen molar-refractivity contribution in [2.45, 2.75) is 40.5 Å². The molecule has 9 heavy (non-hydrogen) atoms. The fraction of sp³-hybridized carbons (Fsp3) is 0.889. The highest BCUT2D eigenvalue weighted by Gasteiger charge is 2.18. The summed E-state index contributed by atoms with van der Waals surface area (Å²) in [4.78, 5) is 0. The lowest BCUT2D eigenvalue weighted by Gasteiger charge is -2.26. The fourth-order valence-corrected chi connectivity index (χ4v) is 0.781. The molecule has 0 amide bonds. The Labute approximate surface area is 59.7 Å². The summed E-state index contributed by atoms with van der Waals surface area (Å²) in [7, 11) is 0. The first-order valence-electron chi connectivity index (χ1n) is 3.81. The second-order valence-corrected chi connectivity index (χ2v) is 3.85. The van der Waals surface area contributed by atoms with Gasteiger partial charge in [-0.3, -0.25) is 0 Å². The molecule has 0 bridgehead atoms. The van der Waals surface area contributed by atoms with Crippen LogP contribution in [0.4, 0.5) is 0 Å². The van der Waals surface area contributed by atoms with Gasteiger partial charge >= 0.3 is 0 Å². The summed E-state index contributed by atoms with van der Waals surface area (Å²) in [6.07, 6.45) is 2.51. The Kier molecular flexibility index (Phi) is 3.24. The lowest BCUT2D eigenvalue weighted by molar-refractivity contribution is 0.273. The average Bonchev–Trinajstić information content (AvgIpc) is 1.64. The molecule has 1 unspecified atom stereocenters. The van der Waals surface area contributed by atoms with Gasteiger partial charge in [0, 0.05) is 0 Å². The Balaban J connectivity index is 3.59. The van der Waals surface area contributed by atoms with E-state index in [-0.39, 0.29) is 0 Å². The molecule has 55 valence electrons. The molecule has 0 fully saturated rings. The van der Waals surface area contributed by atoms with Crippen molar-refractivity contribution in [3.05, 3.63) is 6.92 Å². The molecule has 0 aromatic carbocycles. The van der Waals surface area contributed by atoms with E-state index in [0.29, 0.717) is 11.3 Å². The highest BCUT2D eigenvalue weighted by atomic mass is 14.2. The van der Waals surface area contributed by atoms with Crippen molar-refractivity contribution in [1.82, 2.24) is 0 Å². The standard InChI is InChI=1S/C9H19/c1-6-7-8(2)9(3,4)5/h8H,2,6-7H2,1,3-5H3. The van der Waals surface area contributed by atoms with Gasteiger partial charge in [0.1, 0.15) is 0 Å². The van der Waals surface area contributed by atoms with Crippen molar-refractivity contribution >= 4 is 0 Å². The molecular formula is C9H19. The van der Waals surface area contributed by atoms with Crippen molar-refractivity contribution in [2.24, 2.45) is 11.3 Å². The van der Waals surface area contributed by atoms with Crippen molar-refractivity contribution in [3.63, 3.8) is 0 Å². The minimum atomic E-state index is 0.399. The third-order valence-electron chi connectivity index (χ3n) is 1.86. The van der Waals surface area contributed by atoms with Crippen LogP contribution in [0.5, 0.6) is 0 Å². The van der Waals surface area contributed by atoms with Crippen LogP contribution < -0.4 is 0 Å². The zero-order valence-corrected chi connectivity index (χ0v) is 7.20. The molecule has 0 nitrogen and oxygen atoms in total. The van der Waals surface area contributed by atoms with Crippen LogP contribution in [-0.2, 0) is 0 Å². The summed E-state index contributed by atoms with van der Waals surface area (Å²) >= 11 is 0. The molecule has 0 aliphatic heterocycles. The number of rotatable bonds is 2. The maximum Gasteiger partial charge on any atom is -0.0354 e. The quantitative estimate of drug-likeness (QED) is 0.534. The molecule has 0 rings (SSSR count). The smallest absolute Gasteiger partial charge is 0.0354 e. The third kappa shape index (κ3) is 3.56. The van der Waals surface area contributed by atoms with E-state index in [0.717, 1.165) is 0 Å². The van der Waals surface area contributed by atoms with Crippen molar-refractivity contribution < 1.29 is 0 Å². The van der Waals surface area contributed by atoms with Crippen LogP contribution in [0.1, 0.15) is 40.5 Å². The minimum absolute atomic E-state index is 0.399. The SMILES string of the molecule is [CH2]C(CCC)C(C)(C)C. The lowest BCUT2D eigenvalue weighted by atomic mass is 9.80. The topological polar surface area (TPSA) is 0 Å². The van der Waals surface area contributed by atoms with Gasteiger partial charge in [0.2, 0.25) is 0 Å². The monoisotopic (exact) mass is 127 g/mol. The normalized spacial score (nSPS) is 15.7. The van der Waals surface area contributed by atoms with E-state index in [1.807, 2.05) is 0 Å². The Morgan fingerprint density at radius 2 is 1.78 bits per heavy atom. The second kappa shape index (κ2) is 3.24. The molecule has 0 aliphatic carbocycles. The molecule has 0 aromatic heterocycles. The van der Waals surface area contributed by atoms with Gasteiger partial charge in [0.25, 0.3) is 0 Å². The van der Waals surface area contributed by atoms with E-state index in [1.165, 1.54) is 12.8 Å². The first-order valence-corrected chi connectivity index (χ1v) is 3.81. The highest BCUT2D eigenvalue weighted by Crippen LogP contribution is 2.28. The molecule has 1 radical (unpaired) electrons. The molecule has 0 heteroatoms. The van der Waals surface area contributed by atoms with E-state index in [4.69, 9.17) is 0 Å². The molecule has 0 aromatic rings. The Morgan fingerprint density at radius 3 is 1.89 bits per heavy atom.